The van der Waals surface area contributed by atoms with Crippen LogP contribution >= 0.6 is 0 Å². The van der Waals surface area contributed by atoms with Gasteiger partial charge in [-0.2, -0.15) is 18.6 Å². The van der Waals surface area contributed by atoms with Crippen molar-refractivity contribution in [2.45, 2.75) is 11.5 Å². The zero-order valence-corrected chi connectivity index (χ0v) is 29.6. The maximum Gasteiger partial charge on any atom is 0.295 e. The van der Waals surface area contributed by atoms with Crippen molar-refractivity contribution in [1.29, 1.82) is 0 Å². The highest BCUT2D eigenvalue weighted by molar-refractivity contribution is 7.86. The van der Waals surface area contributed by atoms with Crippen LogP contribution in [0, 0.1) is 10.1 Å². The van der Waals surface area contributed by atoms with E-state index < -0.39 is 32.2 Å². The second-order valence-electron chi connectivity index (χ2n) is 11.7. The number of azo groups is 2. The highest BCUT2D eigenvalue weighted by atomic mass is 32.2. The maximum absolute atomic E-state index is 11.8. The quantitative estimate of drug-likeness (QED) is 0.0185. The molecule has 0 aliphatic heterocycles. The molecule has 0 atom stereocenters. The van der Waals surface area contributed by atoms with Gasteiger partial charge in [0, 0.05) is 34.8 Å². The SMILES string of the molecule is COc1cc(N=Nc2ccc(C=Cc3ccc([N+](=O)[O-])cc3S(=O)(=O)O)cc2)c(CO)cc1N=Nc1ccc2cc(NOc3ccc(N)cc3)ccc2c1O. The number of hydrogen-bond donors (Lipinski definition) is 5. The smallest absolute Gasteiger partial charge is 0.295 e. The van der Waals surface area contributed by atoms with Crippen molar-refractivity contribution in [1.82, 2.24) is 0 Å². The number of nitro benzene ring substituents is 1. The molecule has 0 heterocycles. The number of phenols is 1. The number of phenolic OH excluding ortho intramolecular Hbond substituents is 1. The summed E-state index contributed by atoms with van der Waals surface area (Å²) in [7, 11) is -3.29. The number of hydrogen-bond acceptors (Lipinski definition) is 14. The number of benzene rings is 6. The average molecular weight is 762 g/mol. The molecular weight excluding hydrogens is 731 g/mol. The molecule has 0 saturated heterocycles. The lowest BCUT2D eigenvalue weighted by molar-refractivity contribution is -0.385. The van der Waals surface area contributed by atoms with E-state index in [4.69, 9.17) is 15.3 Å². The summed E-state index contributed by atoms with van der Waals surface area (Å²) in [5.41, 5.74) is 11.7. The molecule has 0 fully saturated rings. The zero-order valence-electron chi connectivity index (χ0n) is 28.8. The first-order valence-electron chi connectivity index (χ1n) is 16.2. The number of nitrogens with two attached hydrogens (primary N) is 1. The molecule has 278 valence electrons. The number of rotatable bonds is 13. The molecule has 0 aromatic heterocycles. The minimum Gasteiger partial charge on any atom is -0.505 e. The third-order valence-electron chi connectivity index (χ3n) is 8.06. The lowest BCUT2D eigenvalue weighted by atomic mass is 10.1. The van der Waals surface area contributed by atoms with Gasteiger partial charge in [-0.25, -0.2) is 5.48 Å². The first-order valence-corrected chi connectivity index (χ1v) is 17.6. The van der Waals surface area contributed by atoms with E-state index in [0.717, 1.165) is 17.5 Å². The van der Waals surface area contributed by atoms with Gasteiger partial charge in [-0.15, -0.1) is 10.2 Å². The molecule has 17 heteroatoms. The van der Waals surface area contributed by atoms with Crippen molar-refractivity contribution in [3.05, 3.63) is 136 Å². The molecular formula is C38H31N7O9S. The van der Waals surface area contributed by atoms with Crippen LogP contribution in [0.3, 0.4) is 0 Å². The fourth-order valence-corrected chi connectivity index (χ4v) is 5.92. The van der Waals surface area contributed by atoms with E-state index in [1.807, 2.05) is 0 Å². The van der Waals surface area contributed by atoms with Crippen molar-refractivity contribution in [3.8, 4) is 17.2 Å². The lowest BCUT2D eigenvalue weighted by Gasteiger charge is -2.10. The molecule has 0 aliphatic carbocycles. The van der Waals surface area contributed by atoms with Gasteiger partial charge in [0.15, 0.2) is 11.5 Å². The molecule has 6 rings (SSSR count). The highest BCUT2D eigenvalue weighted by Crippen LogP contribution is 2.40. The number of nitrogens with one attached hydrogen (secondary N) is 1. The van der Waals surface area contributed by atoms with Crippen LogP contribution in [0.1, 0.15) is 16.7 Å². The van der Waals surface area contributed by atoms with Gasteiger partial charge in [0.1, 0.15) is 22.0 Å². The summed E-state index contributed by atoms with van der Waals surface area (Å²) in [6.07, 6.45) is 2.96. The predicted octanol–water partition coefficient (Wildman–Crippen LogP) is 9.19. The Morgan fingerprint density at radius 2 is 1.56 bits per heavy atom. The minimum absolute atomic E-state index is 0.0594. The van der Waals surface area contributed by atoms with Crippen LogP contribution in [-0.2, 0) is 16.7 Å². The zero-order chi connectivity index (χ0) is 39.1. The Bertz CT molecular complexity index is 2600. The van der Waals surface area contributed by atoms with Crippen LogP contribution in [0.15, 0.2) is 135 Å². The largest absolute Gasteiger partial charge is 0.505 e. The third kappa shape index (κ3) is 9.06. The van der Waals surface area contributed by atoms with Gasteiger partial charge in [0.2, 0.25) is 0 Å². The number of nitro groups is 1. The summed E-state index contributed by atoms with van der Waals surface area (Å²) in [6.45, 7) is -0.404. The molecule has 16 nitrogen and oxygen atoms in total. The van der Waals surface area contributed by atoms with Crippen LogP contribution in [0.25, 0.3) is 22.9 Å². The first kappa shape index (κ1) is 37.5. The highest BCUT2D eigenvalue weighted by Gasteiger charge is 2.19. The standard InChI is InChI=1S/C38H31N7O9S/c1-53-36-21-34(42-40-28-10-3-23(4-11-28)2-5-24-6-13-30(45(48)49)20-37(24)55(50,51)52)26(22-46)19-35(36)43-41-33-17-7-25-18-29(12-16-32(25)38(33)47)44-54-31-14-8-27(39)9-15-31/h2-21,44,46-47H,22,39H2,1H3,(H,50,51,52). The number of ether oxygens (including phenoxy) is 1. The molecule has 0 spiro atoms. The van der Waals surface area contributed by atoms with Crippen LogP contribution in [-0.4, -0.2) is 35.2 Å². The fourth-order valence-electron chi connectivity index (χ4n) is 5.22. The summed E-state index contributed by atoms with van der Waals surface area (Å²) in [5.74, 6) is 0.769. The van der Waals surface area contributed by atoms with Gasteiger partial charge >= 0.3 is 0 Å². The number of aromatic hydroxyl groups is 1. The van der Waals surface area contributed by atoms with Gasteiger partial charge in [-0.3, -0.25) is 14.7 Å². The number of nitrogens with zero attached hydrogens (tertiary/aromatic N) is 5. The molecule has 55 heavy (non-hydrogen) atoms. The molecule has 0 radical (unpaired) electrons. The number of aliphatic hydroxyl groups excluding tert-OH is 1. The minimum atomic E-state index is -4.72. The van der Waals surface area contributed by atoms with E-state index in [0.29, 0.717) is 45.0 Å². The summed E-state index contributed by atoms with van der Waals surface area (Å²) in [4.78, 5) is 15.3. The van der Waals surface area contributed by atoms with Crippen LogP contribution in [0.4, 0.5) is 39.8 Å². The first-order chi connectivity index (χ1) is 26.4. The number of fused-ring (bicyclic) bond motifs is 1. The van der Waals surface area contributed by atoms with E-state index in [-0.39, 0.29) is 28.4 Å². The summed E-state index contributed by atoms with van der Waals surface area (Å²) in [6, 6.07) is 28.4. The Morgan fingerprint density at radius 1 is 0.836 bits per heavy atom. The summed E-state index contributed by atoms with van der Waals surface area (Å²) < 4.78 is 38.7. The fraction of sp³-hybridized carbons (Fsp3) is 0.0526. The predicted molar refractivity (Wildman–Crippen MR) is 206 cm³/mol. The monoisotopic (exact) mass is 761 g/mol. The number of methoxy groups -OCH3 is 1. The molecule has 6 aromatic carbocycles. The molecule has 0 saturated carbocycles. The van der Waals surface area contributed by atoms with Crippen molar-refractivity contribution >= 4 is 72.9 Å². The van der Waals surface area contributed by atoms with Crippen molar-refractivity contribution in [2.75, 3.05) is 18.3 Å². The Balaban J connectivity index is 1.16. The second-order valence-corrected chi connectivity index (χ2v) is 13.1. The average Bonchev–Trinajstić information content (AvgIpc) is 3.18. The van der Waals surface area contributed by atoms with E-state index in [9.17, 15) is 33.3 Å². The van der Waals surface area contributed by atoms with Crippen LogP contribution < -0.4 is 20.8 Å². The lowest BCUT2D eigenvalue weighted by Crippen LogP contribution is -2.04. The Labute approximate surface area is 313 Å². The number of aliphatic hydroxyl groups is 1. The van der Waals surface area contributed by atoms with Crippen molar-refractivity contribution in [2.24, 2.45) is 20.5 Å². The van der Waals surface area contributed by atoms with Gasteiger partial charge in [-0.1, -0.05) is 30.4 Å². The van der Waals surface area contributed by atoms with E-state index in [1.165, 1.54) is 19.3 Å². The molecule has 0 bridgehead atoms. The molecule has 0 unspecified atom stereocenters. The summed E-state index contributed by atoms with van der Waals surface area (Å²) >= 11 is 0. The third-order valence-corrected chi connectivity index (χ3v) is 8.97. The van der Waals surface area contributed by atoms with E-state index in [1.54, 1.807) is 97.1 Å². The van der Waals surface area contributed by atoms with Crippen LogP contribution in [0.2, 0.25) is 0 Å². The topological polar surface area (TPSA) is 244 Å². The molecule has 0 aliphatic rings. The second kappa shape index (κ2) is 16.2. The molecule has 0 amide bonds. The molecule has 6 aromatic rings. The number of anilines is 2. The van der Waals surface area contributed by atoms with Gasteiger partial charge in [0.25, 0.3) is 15.8 Å². The Hall–Kier alpha value is -7.21. The van der Waals surface area contributed by atoms with Gasteiger partial charge in [-0.05, 0) is 89.3 Å². The normalized spacial score (nSPS) is 11.8. The number of nitrogen functional groups attached to an aromatic ring is 1. The summed E-state index contributed by atoms with van der Waals surface area (Å²) in [5, 5.41) is 50.5. The van der Waals surface area contributed by atoms with Gasteiger partial charge < -0.3 is 25.5 Å². The Morgan fingerprint density at radius 3 is 2.25 bits per heavy atom. The van der Waals surface area contributed by atoms with Crippen molar-refractivity contribution < 1.29 is 37.7 Å². The van der Waals surface area contributed by atoms with Crippen molar-refractivity contribution in [3.63, 3.8) is 0 Å². The number of non-ortho nitro benzene ring substituents is 1. The van der Waals surface area contributed by atoms with E-state index in [2.05, 4.69) is 25.9 Å². The van der Waals surface area contributed by atoms with Gasteiger partial charge in [0.05, 0.1) is 35.7 Å². The Kier molecular flexibility index (Phi) is 11.1. The van der Waals surface area contributed by atoms with E-state index >= 15 is 0 Å². The van der Waals surface area contributed by atoms with Crippen LogP contribution in [0.5, 0.6) is 17.2 Å². The maximum atomic E-state index is 11.8. The molecule has 6 N–H and O–H groups in total.